The number of nitrogens with zero attached hydrogens (tertiary/aromatic N) is 1. The van der Waals surface area contributed by atoms with E-state index in [0.717, 1.165) is 40.5 Å². The molecule has 0 aliphatic carbocycles. The van der Waals surface area contributed by atoms with Gasteiger partial charge in [0.2, 0.25) is 0 Å². The van der Waals surface area contributed by atoms with Gasteiger partial charge in [0.1, 0.15) is 5.88 Å². The molecule has 1 aromatic rings. The Morgan fingerprint density at radius 1 is 1.17 bits per heavy atom. The number of benzene rings is 1. The highest BCUT2D eigenvalue weighted by Gasteiger charge is 2.32. The molecule has 1 aromatic carbocycles. The molecule has 136 valence electrons. The molecule has 0 saturated heterocycles. The van der Waals surface area contributed by atoms with E-state index in [2.05, 4.69) is 6.92 Å². The molecule has 0 aliphatic heterocycles. The van der Waals surface area contributed by atoms with E-state index in [9.17, 15) is 21.6 Å². The standard InChI is InChI=1S/C16H24F3NO2SSi/c1-4-7-24-8-5-6-20(3)12-23(21,22)15-10-13(2)9-14(11-15)16(17,18)19/h9-11H,4-8,12H2,1-3H3. The molecule has 0 aliphatic rings. The SMILES string of the molecule is CCC[Si]CCCN(C)CS(=O)(=O)c1cc(C)cc(C(F)(F)F)c1. The lowest BCUT2D eigenvalue weighted by Gasteiger charge is -2.17. The zero-order chi connectivity index (χ0) is 18.4. The van der Waals surface area contributed by atoms with E-state index >= 15 is 0 Å². The Kier molecular flexibility index (Phi) is 7.95. The summed E-state index contributed by atoms with van der Waals surface area (Å²) < 4.78 is 63.4. The van der Waals surface area contributed by atoms with E-state index in [1.807, 2.05) is 0 Å². The van der Waals surface area contributed by atoms with E-state index < -0.39 is 21.6 Å². The molecule has 0 fully saturated rings. The Morgan fingerprint density at radius 3 is 2.42 bits per heavy atom. The van der Waals surface area contributed by atoms with Gasteiger partial charge in [-0.25, -0.2) is 8.42 Å². The molecular weight excluding hydrogens is 355 g/mol. The van der Waals surface area contributed by atoms with Crippen molar-refractivity contribution in [3.05, 3.63) is 29.3 Å². The molecule has 0 unspecified atom stereocenters. The fourth-order valence-electron chi connectivity index (χ4n) is 2.30. The maximum atomic E-state index is 12.9. The summed E-state index contributed by atoms with van der Waals surface area (Å²) in [6.45, 7) is 4.21. The van der Waals surface area contributed by atoms with Gasteiger partial charge in [-0.15, -0.1) is 0 Å². The third kappa shape index (κ3) is 6.94. The monoisotopic (exact) mass is 379 g/mol. The summed E-state index contributed by atoms with van der Waals surface area (Å²) >= 11 is 0. The Balaban J connectivity index is 2.76. The van der Waals surface area contributed by atoms with Crippen molar-refractivity contribution in [3.63, 3.8) is 0 Å². The average molecular weight is 380 g/mol. The van der Waals surface area contributed by atoms with Gasteiger partial charge in [0.15, 0.2) is 9.84 Å². The predicted molar refractivity (Wildman–Crippen MR) is 91.1 cm³/mol. The molecule has 0 saturated carbocycles. The first-order chi connectivity index (χ1) is 11.1. The third-order valence-corrected chi connectivity index (χ3v) is 6.74. The number of halogens is 3. The summed E-state index contributed by atoms with van der Waals surface area (Å²) in [7, 11) is -1.22. The maximum Gasteiger partial charge on any atom is 0.416 e. The van der Waals surface area contributed by atoms with Gasteiger partial charge < -0.3 is 0 Å². The first kappa shape index (κ1) is 21.2. The zero-order valence-corrected chi connectivity index (χ0v) is 16.1. The fourth-order valence-corrected chi connectivity index (χ4v) is 4.84. The first-order valence-electron chi connectivity index (χ1n) is 7.87. The lowest BCUT2D eigenvalue weighted by atomic mass is 10.1. The van der Waals surface area contributed by atoms with Crippen molar-refractivity contribution < 1.29 is 21.6 Å². The molecule has 2 radical (unpaired) electrons. The van der Waals surface area contributed by atoms with Gasteiger partial charge in [0.05, 0.1) is 10.5 Å². The van der Waals surface area contributed by atoms with Crippen LogP contribution in [0.2, 0.25) is 12.1 Å². The number of hydrogen-bond donors (Lipinski definition) is 0. The van der Waals surface area contributed by atoms with Crippen LogP contribution in [-0.4, -0.2) is 42.3 Å². The molecule has 24 heavy (non-hydrogen) atoms. The quantitative estimate of drug-likeness (QED) is 0.480. The minimum atomic E-state index is -4.55. The Bertz CT molecular complexity index is 633. The van der Waals surface area contributed by atoms with Crippen molar-refractivity contribution >= 4 is 19.4 Å². The Hall–Kier alpha value is -0.863. The summed E-state index contributed by atoms with van der Waals surface area (Å²) in [6.07, 6.45) is -2.51. The smallest absolute Gasteiger partial charge is 0.293 e. The summed E-state index contributed by atoms with van der Waals surface area (Å²) in [5.74, 6) is -0.273. The van der Waals surface area contributed by atoms with Crippen LogP contribution in [0.1, 0.15) is 30.9 Å². The molecule has 0 N–H and O–H groups in total. The van der Waals surface area contributed by atoms with Crippen molar-refractivity contribution in [2.45, 2.75) is 49.8 Å². The van der Waals surface area contributed by atoms with E-state index in [4.69, 9.17) is 0 Å². The van der Waals surface area contributed by atoms with Crippen LogP contribution in [-0.2, 0) is 16.0 Å². The minimum absolute atomic E-state index is 0.269. The molecular formula is C16H24F3NO2SSi. The van der Waals surface area contributed by atoms with Crippen molar-refractivity contribution in [3.8, 4) is 0 Å². The summed E-state index contributed by atoms with van der Waals surface area (Å²) in [4.78, 5) is 1.39. The van der Waals surface area contributed by atoms with Crippen molar-refractivity contribution in [1.29, 1.82) is 0 Å². The van der Waals surface area contributed by atoms with Crippen LogP contribution in [0.5, 0.6) is 0 Å². The summed E-state index contributed by atoms with van der Waals surface area (Å²) in [5.41, 5.74) is -0.642. The van der Waals surface area contributed by atoms with Gasteiger partial charge in [-0.05, 0) is 50.7 Å². The number of alkyl halides is 3. The Labute approximate surface area is 145 Å². The maximum absolute atomic E-state index is 12.9. The first-order valence-corrected chi connectivity index (χ1v) is 10.9. The van der Waals surface area contributed by atoms with Gasteiger partial charge in [0.25, 0.3) is 0 Å². The van der Waals surface area contributed by atoms with Crippen LogP contribution in [0.25, 0.3) is 0 Å². The molecule has 8 heteroatoms. The number of hydrogen-bond acceptors (Lipinski definition) is 3. The molecule has 3 nitrogen and oxygen atoms in total. The van der Waals surface area contributed by atoms with E-state index in [-0.39, 0.29) is 16.3 Å². The van der Waals surface area contributed by atoms with E-state index in [1.54, 1.807) is 11.9 Å². The Morgan fingerprint density at radius 2 is 1.83 bits per heavy atom. The lowest BCUT2D eigenvalue weighted by Crippen LogP contribution is -2.27. The van der Waals surface area contributed by atoms with Crippen molar-refractivity contribution in [2.75, 3.05) is 19.5 Å². The number of aryl methyl sites for hydroxylation is 1. The molecule has 0 amide bonds. The van der Waals surface area contributed by atoms with Gasteiger partial charge in [-0.1, -0.05) is 25.4 Å². The van der Waals surface area contributed by atoms with Crippen LogP contribution >= 0.6 is 0 Å². The topological polar surface area (TPSA) is 37.4 Å². The summed E-state index contributed by atoms with van der Waals surface area (Å²) in [6, 6.07) is 5.21. The second-order valence-corrected chi connectivity index (χ2v) is 9.42. The van der Waals surface area contributed by atoms with Crippen LogP contribution < -0.4 is 0 Å². The van der Waals surface area contributed by atoms with Gasteiger partial charge >= 0.3 is 6.18 Å². The number of sulfone groups is 1. The number of rotatable bonds is 9. The minimum Gasteiger partial charge on any atom is -0.293 e. The normalized spacial score (nSPS) is 12.8. The predicted octanol–water partition coefficient (Wildman–Crippen LogP) is 4.02. The largest absolute Gasteiger partial charge is 0.416 e. The van der Waals surface area contributed by atoms with Crippen LogP contribution in [0.15, 0.2) is 23.1 Å². The second kappa shape index (κ2) is 9.01. The van der Waals surface area contributed by atoms with Gasteiger partial charge in [-0.3, -0.25) is 4.90 Å². The molecule has 0 bridgehead atoms. The van der Waals surface area contributed by atoms with Crippen LogP contribution in [0.3, 0.4) is 0 Å². The second-order valence-electron chi connectivity index (χ2n) is 5.96. The average Bonchev–Trinajstić information content (AvgIpc) is 2.45. The van der Waals surface area contributed by atoms with E-state index in [1.165, 1.54) is 19.0 Å². The highest BCUT2D eigenvalue weighted by Crippen LogP contribution is 2.31. The summed E-state index contributed by atoms with van der Waals surface area (Å²) in [5, 5.41) is 0. The van der Waals surface area contributed by atoms with Gasteiger partial charge in [0, 0.05) is 9.52 Å². The molecule has 0 spiro atoms. The third-order valence-electron chi connectivity index (χ3n) is 3.45. The molecule has 0 atom stereocenters. The lowest BCUT2D eigenvalue weighted by molar-refractivity contribution is -0.137. The highest BCUT2D eigenvalue weighted by molar-refractivity contribution is 7.91. The van der Waals surface area contributed by atoms with Gasteiger partial charge in [-0.2, -0.15) is 13.2 Å². The van der Waals surface area contributed by atoms with E-state index in [0.29, 0.717) is 6.54 Å². The fraction of sp³-hybridized carbons (Fsp3) is 0.625. The molecule has 1 rings (SSSR count). The van der Waals surface area contributed by atoms with Crippen LogP contribution in [0, 0.1) is 6.92 Å². The highest BCUT2D eigenvalue weighted by atomic mass is 32.2. The van der Waals surface area contributed by atoms with Crippen molar-refractivity contribution in [1.82, 2.24) is 4.90 Å². The van der Waals surface area contributed by atoms with Crippen LogP contribution in [0.4, 0.5) is 13.2 Å². The zero-order valence-electron chi connectivity index (χ0n) is 14.3. The molecule has 0 aromatic heterocycles. The molecule has 0 heterocycles. The van der Waals surface area contributed by atoms with Crippen molar-refractivity contribution in [2.24, 2.45) is 0 Å².